The van der Waals surface area contributed by atoms with Gasteiger partial charge in [0.05, 0.1) is 12.1 Å². The fourth-order valence-electron chi connectivity index (χ4n) is 0.985. The summed E-state index contributed by atoms with van der Waals surface area (Å²) < 4.78 is 0.660. The van der Waals surface area contributed by atoms with Crippen molar-refractivity contribution < 1.29 is 10.0 Å². The van der Waals surface area contributed by atoms with Crippen molar-refractivity contribution in [3.05, 3.63) is 27.7 Å². The van der Waals surface area contributed by atoms with E-state index in [9.17, 15) is 4.79 Å². The highest BCUT2D eigenvalue weighted by Gasteiger charge is 2.07. The minimum Gasteiger partial charge on any atom is -0.409 e. The van der Waals surface area contributed by atoms with E-state index in [1.807, 2.05) is 0 Å². The molecule has 0 aliphatic rings. The second-order valence-electron chi connectivity index (χ2n) is 2.94. The van der Waals surface area contributed by atoms with Gasteiger partial charge in [0.25, 0.3) is 0 Å². The summed E-state index contributed by atoms with van der Waals surface area (Å²) in [5.41, 5.74) is 5.77. The molecule has 0 atom stereocenters. The van der Waals surface area contributed by atoms with Gasteiger partial charge in [-0.05, 0) is 34.1 Å². The maximum Gasteiger partial charge on any atom is 0.232 e. The lowest BCUT2D eigenvalue weighted by atomic mass is 10.3. The molecule has 0 unspecified atom stereocenters. The van der Waals surface area contributed by atoms with Crippen molar-refractivity contribution in [1.82, 2.24) is 0 Å². The summed E-state index contributed by atoms with van der Waals surface area (Å²) in [5, 5.41) is 14.1. The first kappa shape index (κ1) is 12.8. The lowest BCUT2D eigenvalue weighted by molar-refractivity contribution is -0.115. The second kappa shape index (κ2) is 5.72. The molecule has 0 saturated carbocycles. The van der Waals surface area contributed by atoms with E-state index in [0.717, 1.165) is 0 Å². The summed E-state index contributed by atoms with van der Waals surface area (Å²) in [6.07, 6.45) is -0.175. The van der Waals surface area contributed by atoms with E-state index >= 15 is 0 Å². The fraction of sp³-hybridized carbons (Fsp3) is 0.111. The highest BCUT2D eigenvalue weighted by Crippen LogP contribution is 2.25. The molecule has 86 valence electrons. The number of anilines is 1. The Labute approximate surface area is 105 Å². The third kappa shape index (κ3) is 3.71. The van der Waals surface area contributed by atoms with Crippen LogP contribution < -0.4 is 11.1 Å². The predicted octanol–water partition coefficient (Wildman–Crippen LogP) is 2.18. The van der Waals surface area contributed by atoms with Crippen LogP contribution in [0.15, 0.2) is 27.8 Å². The highest BCUT2D eigenvalue weighted by molar-refractivity contribution is 9.10. The summed E-state index contributed by atoms with van der Waals surface area (Å²) in [4.78, 5) is 11.4. The van der Waals surface area contributed by atoms with Gasteiger partial charge in [0.1, 0.15) is 5.84 Å². The molecule has 16 heavy (non-hydrogen) atoms. The van der Waals surface area contributed by atoms with Gasteiger partial charge >= 0.3 is 0 Å². The number of hydrogen-bond acceptors (Lipinski definition) is 3. The number of benzene rings is 1. The number of amidine groups is 1. The Morgan fingerprint density at radius 2 is 2.31 bits per heavy atom. The molecule has 0 aliphatic heterocycles. The van der Waals surface area contributed by atoms with Crippen LogP contribution in [-0.4, -0.2) is 17.0 Å². The van der Waals surface area contributed by atoms with Crippen LogP contribution in [-0.2, 0) is 4.79 Å². The maximum absolute atomic E-state index is 11.4. The molecule has 0 fully saturated rings. The summed E-state index contributed by atoms with van der Waals surface area (Å²) >= 11 is 8.99. The van der Waals surface area contributed by atoms with Crippen LogP contribution >= 0.6 is 27.5 Å². The molecule has 0 aromatic heterocycles. The molecule has 1 rings (SSSR count). The van der Waals surface area contributed by atoms with Gasteiger partial charge in [0, 0.05) is 9.50 Å². The van der Waals surface area contributed by atoms with Gasteiger partial charge in [-0.2, -0.15) is 0 Å². The summed E-state index contributed by atoms with van der Waals surface area (Å²) in [6, 6.07) is 4.95. The SMILES string of the molecule is N/C(CC(=O)Nc1ccc(Cl)cc1Br)=N/O. The average molecular weight is 307 g/mol. The summed E-state index contributed by atoms with van der Waals surface area (Å²) in [6.45, 7) is 0. The third-order valence-electron chi connectivity index (χ3n) is 1.68. The molecule has 1 aromatic rings. The topological polar surface area (TPSA) is 87.7 Å². The molecule has 0 saturated heterocycles. The lowest BCUT2D eigenvalue weighted by Crippen LogP contribution is -2.22. The molecule has 1 aromatic carbocycles. The number of halogens is 2. The summed E-state index contributed by atoms with van der Waals surface area (Å²) in [7, 11) is 0. The van der Waals surface area contributed by atoms with Crippen LogP contribution in [0, 0.1) is 0 Å². The molecule has 5 nitrogen and oxygen atoms in total. The van der Waals surface area contributed by atoms with Crippen molar-refractivity contribution in [2.75, 3.05) is 5.32 Å². The van der Waals surface area contributed by atoms with Gasteiger partial charge in [-0.1, -0.05) is 16.8 Å². The molecule has 0 spiro atoms. The average Bonchev–Trinajstić information content (AvgIpc) is 2.22. The van der Waals surface area contributed by atoms with Gasteiger partial charge in [-0.3, -0.25) is 4.79 Å². The molecule has 7 heteroatoms. The standard InChI is InChI=1S/C9H9BrClN3O2/c10-6-3-5(11)1-2-7(6)13-9(15)4-8(12)14-16/h1-3,16H,4H2,(H2,12,14)(H,13,15). The molecule has 0 radical (unpaired) electrons. The first-order valence-electron chi connectivity index (χ1n) is 4.24. The molecule has 4 N–H and O–H groups in total. The number of nitrogens with zero attached hydrogens (tertiary/aromatic N) is 1. The first-order valence-corrected chi connectivity index (χ1v) is 5.41. The zero-order chi connectivity index (χ0) is 12.1. The van der Waals surface area contributed by atoms with Crippen LogP contribution in [0.2, 0.25) is 5.02 Å². The number of amides is 1. The highest BCUT2D eigenvalue weighted by atomic mass is 79.9. The summed E-state index contributed by atoms with van der Waals surface area (Å²) in [5.74, 6) is -0.527. The number of hydrogen-bond donors (Lipinski definition) is 3. The monoisotopic (exact) mass is 305 g/mol. The fourth-order valence-corrected chi connectivity index (χ4v) is 1.77. The Kier molecular flexibility index (Phi) is 4.57. The lowest BCUT2D eigenvalue weighted by Gasteiger charge is -2.06. The van der Waals surface area contributed by atoms with E-state index in [4.69, 9.17) is 22.5 Å². The second-order valence-corrected chi connectivity index (χ2v) is 4.23. The largest absolute Gasteiger partial charge is 0.409 e. The van der Waals surface area contributed by atoms with Gasteiger partial charge in [0.15, 0.2) is 0 Å². The Bertz CT molecular complexity index is 437. The van der Waals surface area contributed by atoms with E-state index in [-0.39, 0.29) is 18.2 Å². The Hall–Kier alpha value is -1.27. The normalized spacial score (nSPS) is 11.2. The quantitative estimate of drug-likeness (QED) is 0.346. The van der Waals surface area contributed by atoms with Crippen LogP contribution in [0.4, 0.5) is 5.69 Å². The molecule has 0 heterocycles. The van der Waals surface area contributed by atoms with E-state index in [1.54, 1.807) is 18.2 Å². The smallest absolute Gasteiger partial charge is 0.232 e. The van der Waals surface area contributed by atoms with Gasteiger partial charge in [-0.25, -0.2) is 0 Å². The van der Waals surface area contributed by atoms with Crippen molar-refractivity contribution in [3.8, 4) is 0 Å². The van der Waals surface area contributed by atoms with Crippen molar-refractivity contribution >= 4 is 45.0 Å². The van der Waals surface area contributed by atoms with Crippen LogP contribution in [0.25, 0.3) is 0 Å². The molecular formula is C9H9BrClN3O2. The third-order valence-corrected chi connectivity index (χ3v) is 2.57. The van der Waals surface area contributed by atoms with Crippen molar-refractivity contribution in [2.45, 2.75) is 6.42 Å². The van der Waals surface area contributed by atoms with Crippen molar-refractivity contribution in [1.29, 1.82) is 0 Å². The minimum absolute atomic E-state index is 0.150. The molecular weight excluding hydrogens is 297 g/mol. The maximum atomic E-state index is 11.4. The van der Waals surface area contributed by atoms with E-state index < -0.39 is 0 Å². The first-order chi connectivity index (χ1) is 7.52. The molecule has 0 aliphatic carbocycles. The Morgan fingerprint density at radius 1 is 1.62 bits per heavy atom. The number of nitrogens with two attached hydrogens (primary N) is 1. The molecule has 0 bridgehead atoms. The van der Waals surface area contributed by atoms with Crippen LogP contribution in [0.3, 0.4) is 0 Å². The number of carbonyl (C=O) groups excluding carboxylic acids is 1. The number of oxime groups is 1. The van der Waals surface area contributed by atoms with Gasteiger partial charge < -0.3 is 16.3 Å². The van der Waals surface area contributed by atoms with Gasteiger partial charge in [0.2, 0.25) is 5.91 Å². The number of rotatable bonds is 3. The number of nitrogens with one attached hydrogen (secondary N) is 1. The minimum atomic E-state index is -0.377. The van der Waals surface area contributed by atoms with Crippen LogP contribution in [0.1, 0.15) is 6.42 Å². The van der Waals surface area contributed by atoms with E-state index in [1.165, 1.54) is 0 Å². The van der Waals surface area contributed by atoms with Crippen molar-refractivity contribution in [2.24, 2.45) is 10.9 Å². The van der Waals surface area contributed by atoms with Crippen LogP contribution in [0.5, 0.6) is 0 Å². The Balaban J connectivity index is 2.70. The van der Waals surface area contributed by atoms with E-state index in [0.29, 0.717) is 15.2 Å². The predicted molar refractivity (Wildman–Crippen MR) is 65.8 cm³/mol. The zero-order valence-electron chi connectivity index (χ0n) is 8.08. The van der Waals surface area contributed by atoms with Crippen molar-refractivity contribution in [3.63, 3.8) is 0 Å². The molecule has 1 amide bonds. The number of carbonyl (C=O) groups is 1. The Morgan fingerprint density at radius 3 is 2.88 bits per heavy atom. The van der Waals surface area contributed by atoms with Gasteiger partial charge in [-0.15, -0.1) is 0 Å². The zero-order valence-corrected chi connectivity index (χ0v) is 10.4. The van der Waals surface area contributed by atoms with E-state index in [2.05, 4.69) is 26.4 Å².